The summed E-state index contributed by atoms with van der Waals surface area (Å²) in [7, 11) is 2.01. The molecule has 3 aromatic carbocycles. The van der Waals surface area contributed by atoms with Crippen LogP contribution in [0.2, 0.25) is 0 Å². The molecule has 0 bridgehead atoms. The summed E-state index contributed by atoms with van der Waals surface area (Å²) in [6, 6.07) is 20.8. The second-order valence-corrected chi connectivity index (χ2v) is 10.2. The van der Waals surface area contributed by atoms with E-state index in [9.17, 15) is 0 Å². The largest absolute Gasteiger partial charge is 0.319 e. The predicted molar refractivity (Wildman–Crippen MR) is 139 cm³/mol. The molecule has 3 aromatic rings. The molecule has 2 heteroatoms. The van der Waals surface area contributed by atoms with Gasteiger partial charge >= 0.3 is 0 Å². The normalized spacial score (nSPS) is 18.6. The van der Waals surface area contributed by atoms with Gasteiger partial charge in [0.2, 0.25) is 0 Å². The Kier molecular flexibility index (Phi) is 7.65. The summed E-state index contributed by atoms with van der Waals surface area (Å²) in [5.74, 6) is 1.83. The van der Waals surface area contributed by atoms with Crippen molar-refractivity contribution in [3.63, 3.8) is 0 Å². The van der Waals surface area contributed by atoms with Gasteiger partial charge in [-0.2, -0.15) is 0 Å². The highest BCUT2D eigenvalue weighted by atomic mass is 19.1. The van der Waals surface area contributed by atoms with Crippen LogP contribution in [0.1, 0.15) is 75.0 Å². The van der Waals surface area contributed by atoms with Gasteiger partial charge in [-0.15, -0.1) is 0 Å². The van der Waals surface area contributed by atoms with Crippen molar-refractivity contribution in [1.29, 1.82) is 0 Å². The van der Waals surface area contributed by atoms with E-state index in [0.717, 1.165) is 35.6 Å². The molecule has 174 valence electrons. The molecular weight excluding hydrogens is 405 g/mol. The number of hydrogen-bond acceptors (Lipinski definition) is 1. The fourth-order valence-corrected chi connectivity index (χ4v) is 5.21. The summed E-state index contributed by atoms with van der Waals surface area (Å²) in [6.45, 7) is 7.68. The van der Waals surface area contributed by atoms with E-state index < -0.39 is 0 Å². The monoisotopic (exact) mass is 443 g/mol. The van der Waals surface area contributed by atoms with Crippen LogP contribution in [0.3, 0.4) is 0 Å². The maximum Gasteiger partial charge on any atom is 0.131 e. The van der Waals surface area contributed by atoms with Crippen LogP contribution >= 0.6 is 0 Å². The van der Waals surface area contributed by atoms with Crippen LogP contribution in [0.4, 0.5) is 4.39 Å². The van der Waals surface area contributed by atoms with E-state index in [1.54, 1.807) is 6.07 Å². The molecule has 0 saturated heterocycles. The molecule has 1 saturated carbocycles. The average molecular weight is 444 g/mol. The fraction of sp³-hybridized carbons (Fsp3) is 0.419. The zero-order chi connectivity index (χ0) is 23.4. The maximum absolute atomic E-state index is 15.2. The minimum Gasteiger partial charge on any atom is -0.319 e. The Morgan fingerprint density at radius 3 is 2.12 bits per heavy atom. The summed E-state index contributed by atoms with van der Waals surface area (Å²) in [5, 5.41) is 3.30. The molecule has 1 aliphatic carbocycles. The first-order chi connectivity index (χ1) is 16.0. The van der Waals surface area contributed by atoms with Crippen LogP contribution in [0.15, 0.2) is 60.7 Å². The van der Waals surface area contributed by atoms with Crippen molar-refractivity contribution < 1.29 is 4.39 Å². The van der Waals surface area contributed by atoms with Gasteiger partial charge in [0.25, 0.3) is 0 Å². The molecule has 1 N–H and O–H groups in total. The van der Waals surface area contributed by atoms with E-state index in [-0.39, 0.29) is 5.82 Å². The second kappa shape index (κ2) is 10.7. The lowest BCUT2D eigenvalue weighted by Gasteiger charge is -2.28. The van der Waals surface area contributed by atoms with Crippen LogP contribution in [0.5, 0.6) is 0 Å². The van der Waals surface area contributed by atoms with E-state index in [1.807, 2.05) is 25.2 Å². The number of rotatable bonds is 7. The molecule has 4 rings (SSSR count). The molecule has 1 nitrogen and oxygen atoms in total. The van der Waals surface area contributed by atoms with E-state index >= 15 is 4.39 Å². The van der Waals surface area contributed by atoms with E-state index in [2.05, 4.69) is 62.5 Å². The zero-order valence-corrected chi connectivity index (χ0v) is 20.6. The van der Waals surface area contributed by atoms with Crippen molar-refractivity contribution in [3.05, 3.63) is 83.2 Å². The van der Waals surface area contributed by atoms with E-state index in [0.29, 0.717) is 17.4 Å². The fourth-order valence-electron chi connectivity index (χ4n) is 5.21. The Bertz CT molecular complexity index is 1060. The standard InChI is InChI=1S/C31H38FN/c1-21(2)23-9-11-25(12-10-23)30-16-14-27(20-31(30)32)26-13-15-29(28(19-26)17-18-33-4)24-7-5-22(3)6-8-24/h9-16,19-22,24,33H,5-8,17-18H2,1-4H3. The molecule has 0 aromatic heterocycles. The van der Waals surface area contributed by atoms with Gasteiger partial charge in [-0.25, -0.2) is 4.39 Å². The Morgan fingerprint density at radius 1 is 0.848 bits per heavy atom. The minimum atomic E-state index is -0.160. The highest BCUT2D eigenvalue weighted by Gasteiger charge is 2.22. The minimum absolute atomic E-state index is 0.160. The average Bonchev–Trinajstić information content (AvgIpc) is 2.83. The second-order valence-electron chi connectivity index (χ2n) is 10.2. The van der Waals surface area contributed by atoms with Gasteiger partial charge in [0, 0.05) is 5.56 Å². The Balaban J connectivity index is 1.62. The van der Waals surface area contributed by atoms with Crippen LogP contribution in [0, 0.1) is 11.7 Å². The summed E-state index contributed by atoms with van der Waals surface area (Å²) in [4.78, 5) is 0. The smallest absolute Gasteiger partial charge is 0.131 e. The third-order valence-electron chi connectivity index (χ3n) is 7.43. The molecule has 0 unspecified atom stereocenters. The van der Waals surface area contributed by atoms with Gasteiger partial charge in [-0.1, -0.05) is 88.2 Å². The molecule has 0 amide bonds. The topological polar surface area (TPSA) is 12.0 Å². The van der Waals surface area contributed by atoms with E-state index in [4.69, 9.17) is 0 Å². The van der Waals surface area contributed by atoms with Crippen molar-refractivity contribution in [2.24, 2.45) is 5.92 Å². The van der Waals surface area contributed by atoms with Gasteiger partial charge in [0.15, 0.2) is 0 Å². The van der Waals surface area contributed by atoms with E-state index in [1.165, 1.54) is 42.4 Å². The van der Waals surface area contributed by atoms with Crippen molar-refractivity contribution in [1.82, 2.24) is 5.32 Å². The van der Waals surface area contributed by atoms with Gasteiger partial charge in [0.05, 0.1) is 0 Å². The number of hydrogen-bond donors (Lipinski definition) is 1. The Hall–Kier alpha value is -2.45. The summed E-state index contributed by atoms with van der Waals surface area (Å²) < 4.78 is 15.2. The molecule has 33 heavy (non-hydrogen) atoms. The van der Waals surface area contributed by atoms with Crippen LogP contribution in [-0.2, 0) is 6.42 Å². The SMILES string of the molecule is CNCCc1cc(-c2ccc(-c3ccc(C(C)C)cc3)c(F)c2)ccc1C1CCC(C)CC1. The highest BCUT2D eigenvalue weighted by molar-refractivity contribution is 5.72. The zero-order valence-electron chi connectivity index (χ0n) is 20.6. The third kappa shape index (κ3) is 5.55. The molecule has 0 atom stereocenters. The van der Waals surface area contributed by atoms with Gasteiger partial charge in [-0.05, 0) is 90.1 Å². The first-order valence-corrected chi connectivity index (χ1v) is 12.6. The first-order valence-electron chi connectivity index (χ1n) is 12.6. The van der Waals surface area contributed by atoms with Gasteiger partial charge in [-0.3, -0.25) is 0 Å². The predicted octanol–water partition coefficient (Wildman–Crippen LogP) is 8.34. The molecule has 1 aliphatic rings. The lowest BCUT2D eigenvalue weighted by atomic mass is 9.77. The summed E-state index contributed by atoms with van der Waals surface area (Å²) >= 11 is 0. The number of halogens is 1. The van der Waals surface area contributed by atoms with Crippen LogP contribution in [-0.4, -0.2) is 13.6 Å². The van der Waals surface area contributed by atoms with Crippen molar-refractivity contribution in [2.45, 2.75) is 64.7 Å². The Labute approximate surface area is 199 Å². The Morgan fingerprint density at radius 2 is 1.48 bits per heavy atom. The molecule has 0 spiro atoms. The lowest BCUT2D eigenvalue weighted by Crippen LogP contribution is -2.15. The highest BCUT2D eigenvalue weighted by Crippen LogP contribution is 2.38. The quantitative estimate of drug-likeness (QED) is 0.387. The number of likely N-dealkylation sites (N-methyl/N-ethyl adjacent to an activating group) is 1. The first kappa shape index (κ1) is 23.7. The van der Waals surface area contributed by atoms with Crippen molar-refractivity contribution in [2.75, 3.05) is 13.6 Å². The summed E-state index contributed by atoms with van der Waals surface area (Å²) in [6.07, 6.45) is 6.22. The molecule has 0 aliphatic heterocycles. The maximum atomic E-state index is 15.2. The lowest BCUT2D eigenvalue weighted by molar-refractivity contribution is 0.347. The molecule has 1 fully saturated rings. The van der Waals surface area contributed by atoms with Crippen molar-refractivity contribution >= 4 is 0 Å². The number of benzene rings is 3. The molecule has 0 heterocycles. The van der Waals surface area contributed by atoms with Gasteiger partial charge < -0.3 is 5.32 Å². The van der Waals surface area contributed by atoms with Crippen LogP contribution in [0.25, 0.3) is 22.3 Å². The van der Waals surface area contributed by atoms with Crippen molar-refractivity contribution in [3.8, 4) is 22.3 Å². The third-order valence-corrected chi connectivity index (χ3v) is 7.43. The number of nitrogens with one attached hydrogen (secondary N) is 1. The summed E-state index contributed by atoms with van der Waals surface area (Å²) in [5.41, 5.74) is 7.84. The van der Waals surface area contributed by atoms with Gasteiger partial charge in [0.1, 0.15) is 5.82 Å². The van der Waals surface area contributed by atoms with Crippen LogP contribution < -0.4 is 5.32 Å². The molecule has 0 radical (unpaired) electrons. The molecular formula is C31H38FN.